The second-order valence-electron chi connectivity index (χ2n) is 6.47. The fourth-order valence-corrected chi connectivity index (χ4v) is 3.45. The van der Waals surface area contributed by atoms with Gasteiger partial charge >= 0.3 is 0 Å². The van der Waals surface area contributed by atoms with Crippen LogP contribution in [-0.2, 0) is 0 Å². The van der Waals surface area contributed by atoms with Crippen LogP contribution < -0.4 is 0 Å². The molecular weight excluding hydrogens is 214 g/mol. The van der Waals surface area contributed by atoms with Crippen molar-refractivity contribution in [1.29, 1.82) is 0 Å². The van der Waals surface area contributed by atoms with E-state index in [1.54, 1.807) is 0 Å². The Morgan fingerprint density at radius 2 is 1.94 bits per heavy atom. The molecule has 1 saturated heterocycles. The third kappa shape index (κ3) is 3.43. The molecule has 0 spiro atoms. The Labute approximate surface area is 105 Å². The fourth-order valence-electron chi connectivity index (χ4n) is 3.45. The summed E-state index contributed by atoms with van der Waals surface area (Å²) in [5, 5.41) is 19.8. The van der Waals surface area contributed by atoms with Gasteiger partial charge in [0.2, 0.25) is 0 Å². The van der Waals surface area contributed by atoms with Gasteiger partial charge in [0.1, 0.15) is 0 Å². The number of rotatable bonds is 4. The first kappa shape index (κ1) is 13.3. The van der Waals surface area contributed by atoms with Gasteiger partial charge in [-0.25, -0.2) is 0 Å². The van der Waals surface area contributed by atoms with Gasteiger partial charge in [0, 0.05) is 18.5 Å². The van der Waals surface area contributed by atoms with E-state index < -0.39 is 5.60 Å². The van der Waals surface area contributed by atoms with Crippen LogP contribution >= 0.6 is 0 Å². The van der Waals surface area contributed by atoms with Crippen molar-refractivity contribution in [1.82, 2.24) is 4.90 Å². The van der Waals surface area contributed by atoms with Crippen molar-refractivity contribution in [3.05, 3.63) is 0 Å². The molecule has 0 aromatic rings. The lowest BCUT2D eigenvalue weighted by Gasteiger charge is -2.32. The molecule has 3 nitrogen and oxygen atoms in total. The first-order valence-electron chi connectivity index (χ1n) is 7.12. The first-order chi connectivity index (χ1) is 7.97. The van der Waals surface area contributed by atoms with Crippen LogP contribution in [0.1, 0.15) is 52.4 Å². The summed E-state index contributed by atoms with van der Waals surface area (Å²) in [5.41, 5.74) is -0.568. The van der Waals surface area contributed by atoms with E-state index in [-0.39, 0.29) is 6.10 Å². The summed E-state index contributed by atoms with van der Waals surface area (Å²) in [5.74, 6) is 0.485. The predicted octanol–water partition coefficient (Wildman–Crippen LogP) is 1.77. The first-order valence-corrected chi connectivity index (χ1v) is 7.12. The van der Waals surface area contributed by atoms with Gasteiger partial charge in [0.15, 0.2) is 0 Å². The molecule has 3 atom stereocenters. The molecular formula is C14H27NO2. The largest absolute Gasteiger partial charge is 0.393 e. The van der Waals surface area contributed by atoms with E-state index in [1.807, 2.05) is 13.8 Å². The minimum absolute atomic E-state index is 0.0808. The number of aliphatic hydroxyl groups is 2. The Kier molecular flexibility index (Phi) is 4.11. The number of hydrogen-bond donors (Lipinski definition) is 2. The lowest BCUT2D eigenvalue weighted by Crippen LogP contribution is -2.41. The highest BCUT2D eigenvalue weighted by atomic mass is 16.3. The van der Waals surface area contributed by atoms with Crippen molar-refractivity contribution in [2.24, 2.45) is 5.92 Å². The van der Waals surface area contributed by atoms with Gasteiger partial charge in [-0.1, -0.05) is 6.42 Å². The minimum Gasteiger partial charge on any atom is -0.393 e. The zero-order valence-corrected chi connectivity index (χ0v) is 11.2. The zero-order valence-electron chi connectivity index (χ0n) is 11.2. The van der Waals surface area contributed by atoms with Gasteiger partial charge < -0.3 is 10.2 Å². The second-order valence-corrected chi connectivity index (χ2v) is 6.47. The Morgan fingerprint density at radius 1 is 1.18 bits per heavy atom. The van der Waals surface area contributed by atoms with E-state index in [9.17, 15) is 10.2 Å². The molecule has 1 saturated carbocycles. The summed E-state index contributed by atoms with van der Waals surface area (Å²) in [7, 11) is 0. The minimum atomic E-state index is -0.568. The molecule has 0 aromatic carbocycles. The topological polar surface area (TPSA) is 43.7 Å². The van der Waals surface area contributed by atoms with Crippen LogP contribution in [0.3, 0.4) is 0 Å². The van der Waals surface area contributed by atoms with E-state index >= 15 is 0 Å². The second kappa shape index (κ2) is 5.25. The Hall–Kier alpha value is -0.120. The third-order valence-electron chi connectivity index (χ3n) is 4.45. The van der Waals surface area contributed by atoms with Gasteiger partial charge in [0.05, 0.1) is 11.7 Å². The number of nitrogens with zero attached hydrogens (tertiary/aromatic N) is 1. The molecule has 2 rings (SSSR count). The lowest BCUT2D eigenvalue weighted by molar-refractivity contribution is 0.0386. The summed E-state index contributed by atoms with van der Waals surface area (Å²) in [6, 6.07) is 0.565. The maximum absolute atomic E-state index is 10.0. The van der Waals surface area contributed by atoms with Crippen molar-refractivity contribution in [2.45, 2.75) is 70.1 Å². The summed E-state index contributed by atoms with van der Waals surface area (Å²) < 4.78 is 0. The fraction of sp³-hybridized carbons (Fsp3) is 1.00. The SMILES string of the molecule is CC(C)(O)CCN1CCCC1C1CCCC1O. The van der Waals surface area contributed by atoms with Crippen molar-refractivity contribution < 1.29 is 10.2 Å². The maximum atomic E-state index is 10.0. The molecule has 0 aromatic heterocycles. The van der Waals surface area contributed by atoms with E-state index in [1.165, 1.54) is 25.7 Å². The van der Waals surface area contributed by atoms with E-state index in [4.69, 9.17) is 0 Å². The number of hydrogen-bond acceptors (Lipinski definition) is 3. The highest BCUT2D eigenvalue weighted by Crippen LogP contribution is 2.35. The molecule has 0 amide bonds. The molecule has 2 N–H and O–H groups in total. The predicted molar refractivity (Wildman–Crippen MR) is 68.9 cm³/mol. The van der Waals surface area contributed by atoms with Gasteiger partial charge in [-0.05, 0) is 52.5 Å². The molecule has 1 heterocycles. The summed E-state index contributed by atoms with van der Waals surface area (Å²) >= 11 is 0. The van der Waals surface area contributed by atoms with Crippen LogP contribution in [0.15, 0.2) is 0 Å². The van der Waals surface area contributed by atoms with Crippen molar-refractivity contribution in [3.63, 3.8) is 0 Å². The zero-order chi connectivity index (χ0) is 12.5. The van der Waals surface area contributed by atoms with E-state index in [0.29, 0.717) is 12.0 Å². The third-order valence-corrected chi connectivity index (χ3v) is 4.45. The van der Waals surface area contributed by atoms with Gasteiger partial charge in [-0.15, -0.1) is 0 Å². The van der Waals surface area contributed by atoms with Gasteiger partial charge in [0.25, 0.3) is 0 Å². The molecule has 2 fully saturated rings. The molecule has 0 radical (unpaired) electrons. The Bertz CT molecular complexity index is 249. The van der Waals surface area contributed by atoms with Crippen molar-refractivity contribution >= 4 is 0 Å². The van der Waals surface area contributed by atoms with Gasteiger partial charge in [-0.3, -0.25) is 4.90 Å². The molecule has 3 unspecified atom stereocenters. The average molecular weight is 241 g/mol. The number of likely N-dealkylation sites (tertiary alicyclic amines) is 1. The molecule has 17 heavy (non-hydrogen) atoms. The van der Waals surface area contributed by atoms with Crippen LogP contribution in [0, 0.1) is 5.92 Å². The molecule has 1 aliphatic carbocycles. The van der Waals surface area contributed by atoms with Gasteiger partial charge in [-0.2, -0.15) is 0 Å². The van der Waals surface area contributed by atoms with Crippen LogP contribution in [0.25, 0.3) is 0 Å². The summed E-state index contributed by atoms with van der Waals surface area (Å²) in [6.45, 7) is 5.87. The molecule has 1 aliphatic heterocycles. The highest BCUT2D eigenvalue weighted by Gasteiger charge is 2.38. The van der Waals surface area contributed by atoms with Crippen LogP contribution in [0.5, 0.6) is 0 Å². The monoisotopic (exact) mass is 241 g/mol. The van der Waals surface area contributed by atoms with Crippen molar-refractivity contribution in [3.8, 4) is 0 Å². The van der Waals surface area contributed by atoms with E-state index in [0.717, 1.165) is 25.9 Å². The van der Waals surface area contributed by atoms with Crippen LogP contribution in [-0.4, -0.2) is 45.9 Å². The molecule has 2 aliphatic rings. The quantitative estimate of drug-likeness (QED) is 0.788. The summed E-state index contributed by atoms with van der Waals surface area (Å²) in [4.78, 5) is 2.50. The lowest BCUT2D eigenvalue weighted by atomic mass is 9.93. The maximum Gasteiger partial charge on any atom is 0.0603 e. The highest BCUT2D eigenvalue weighted by molar-refractivity contribution is 4.92. The molecule has 100 valence electrons. The van der Waals surface area contributed by atoms with Crippen LogP contribution in [0.4, 0.5) is 0 Å². The Morgan fingerprint density at radius 3 is 2.53 bits per heavy atom. The number of aliphatic hydroxyl groups excluding tert-OH is 1. The Balaban J connectivity index is 1.88. The smallest absolute Gasteiger partial charge is 0.0603 e. The molecule has 3 heteroatoms. The van der Waals surface area contributed by atoms with E-state index in [2.05, 4.69) is 4.90 Å². The average Bonchev–Trinajstić information content (AvgIpc) is 2.81. The normalized spacial score (nSPS) is 35.6. The van der Waals surface area contributed by atoms with Crippen molar-refractivity contribution in [2.75, 3.05) is 13.1 Å². The van der Waals surface area contributed by atoms with Crippen LogP contribution in [0.2, 0.25) is 0 Å². The molecule has 0 bridgehead atoms. The summed E-state index contributed by atoms with van der Waals surface area (Å²) in [6.07, 6.45) is 6.58. The standard InChI is InChI=1S/C14H27NO2/c1-14(2,17)8-10-15-9-4-6-12(15)11-5-3-7-13(11)16/h11-13,16-17H,3-10H2,1-2H3.